The first-order chi connectivity index (χ1) is 7.18. The molecule has 0 radical (unpaired) electrons. The molecule has 1 aliphatic rings. The SMILES string of the molecule is CCC1(CC(=O)O)OCCc2ccsc21. The van der Waals surface area contributed by atoms with Crippen LogP contribution in [0.4, 0.5) is 0 Å². The predicted molar refractivity (Wildman–Crippen MR) is 58.2 cm³/mol. The van der Waals surface area contributed by atoms with Crippen LogP contribution in [0.5, 0.6) is 0 Å². The Bertz CT molecular complexity index is 372. The van der Waals surface area contributed by atoms with Gasteiger partial charge in [0.25, 0.3) is 0 Å². The van der Waals surface area contributed by atoms with Gasteiger partial charge in [0.2, 0.25) is 0 Å². The van der Waals surface area contributed by atoms with E-state index >= 15 is 0 Å². The number of carboxylic acids is 1. The van der Waals surface area contributed by atoms with E-state index in [0.29, 0.717) is 13.0 Å². The third-order valence-electron chi connectivity index (χ3n) is 2.92. The summed E-state index contributed by atoms with van der Waals surface area (Å²) in [5.41, 5.74) is 0.683. The maximum Gasteiger partial charge on any atom is 0.306 e. The lowest BCUT2D eigenvalue weighted by Gasteiger charge is -2.35. The highest BCUT2D eigenvalue weighted by Crippen LogP contribution is 2.41. The fourth-order valence-electron chi connectivity index (χ4n) is 2.12. The predicted octanol–water partition coefficient (Wildman–Crippen LogP) is 2.40. The minimum Gasteiger partial charge on any atom is -0.481 e. The van der Waals surface area contributed by atoms with Gasteiger partial charge in [-0.2, -0.15) is 0 Å². The van der Waals surface area contributed by atoms with E-state index in [2.05, 4.69) is 6.07 Å². The summed E-state index contributed by atoms with van der Waals surface area (Å²) in [5.74, 6) is -0.793. The van der Waals surface area contributed by atoms with Gasteiger partial charge >= 0.3 is 5.97 Å². The summed E-state index contributed by atoms with van der Waals surface area (Å²) in [6.07, 6.45) is 1.68. The van der Waals surface area contributed by atoms with Crippen molar-refractivity contribution in [2.75, 3.05) is 6.61 Å². The summed E-state index contributed by atoms with van der Waals surface area (Å²) in [7, 11) is 0. The topological polar surface area (TPSA) is 46.5 Å². The van der Waals surface area contributed by atoms with Gasteiger partial charge in [0.1, 0.15) is 5.60 Å². The molecule has 1 N–H and O–H groups in total. The summed E-state index contributed by atoms with van der Waals surface area (Å²) in [6, 6.07) is 2.08. The highest BCUT2D eigenvalue weighted by molar-refractivity contribution is 7.10. The largest absolute Gasteiger partial charge is 0.481 e. The Kier molecular flexibility index (Phi) is 2.80. The smallest absolute Gasteiger partial charge is 0.306 e. The number of aliphatic carboxylic acids is 1. The van der Waals surface area contributed by atoms with Gasteiger partial charge in [-0.15, -0.1) is 11.3 Å². The van der Waals surface area contributed by atoms with E-state index in [9.17, 15) is 4.79 Å². The van der Waals surface area contributed by atoms with Crippen LogP contribution in [0.25, 0.3) is 0 Å². The molecule has 0 saturated heterocycles. The minimum atomic E-state index is -0.793. The molecule has 1 aliphatic heterocycles. The molecule has 1 aromatic heterocycles. The molecular weight excluding hydrogens is 212 g/mol. The third-order valence-corrected chi connectivity index (χ3v) is 4.06. The Balaban J connectivity index is 2.39. The highest BCUT2D eigenvalue weighted by atomic mass is 32.1. The number of ether oxygens (including phenoxy) is 1. The van der Waals surface area contributed by atoms with E-state index in [1.807, 2.05) is 12.3 Å². The molecular formula is C11H14O3S. The Morgan fingerprint density at radius 3 is 3.20 bits per heavy atom. The van der Waals surface area contributed by atoms with E-state index in [1.54, 1.807) is 11.3 Å². The van der Waals surface area contributed by atoms with Gasteiger partial charge < -0.3 is 9.84 Å². The second kappa shape index (κ2) is 3.94. The van der Waals surface area contributed by atoms with Crippen LogP contribution in [0.1, 0.15) is 30.2 Å². The first kappa shape index (κ1) is 10.6. The fraction of sp³-hybridized carbons (Fsp3) is 0.545. The third kappa shape index (κ3) is 1.79. The number of hydrogen-bond donors (Lipinski definition) is 1. The van der Waals surface area contributed by atoms with Crippen LogP contribution >= 0.6 is 11.3 Å². The zero-order valence-corrected chi connectivity index (χ0v) is 9.47. The summed E-state index contributed by atoms with van der Waals surface area (Å²) < 4.78 is 5.74. The number of carboxylic acid groups (broad SMARTS) is 1. The van der Waals surface area contributed by atoms with Crippen molar-refractivity contribution in [2.45, 2.75) is 31.8 Å². The van der Waals surface area contributed by atoms with E-state index in [0.717, 1.165) is 11.3 Å². The van der Waals surface area contributed by atoms with Crippen LogP contribution in [0, 0.1) is 0 Å². The van der Waals surface area contributed by atoms with Crippen LogP contribution in [-0.2, 0) is 21.6 Å². The lowest BCUT2D eigenvalue weighted by molar-refractivity contribution is -0.148. The maximum atomic E-state index is 10.9. The molecule has 15 heavy (non-hydrogen) atoms. The molecule has 0 bridgehead atoms. The summed E-state index contributed by atoms with van der Waals surface area (Å²) in [5, 5.41) is 11.0. The van der Waals surface area contributed by atoms with E-state index < -0.39 is 11.6 Å². The molecule has 0 saturated carbocycles. The average molecular weight is 226 g/mol. The summed E-state index contributed by atoms with van der Waals surface area (Å²) in [4.78, 5) is 12.0. The normalized spacial score (nSPS) is 24.9. The van der Waals surface area contributed by atoms with Crippen molar-refractivity contribution in [3.05, 3.63) is 21.9 Å². The lowest BCUT2D eigenvalue weighted by Crippen LogP contribution is -2.35. The number of carbonyl (C=O) groups is 1. The maximum absolute atomic E-state index is 10.9. The standard InChI is InChI=1S/C11H14O3S/c1-2-11(7-9(12)13)10-8(3-5-14-11)4-6-15-10/h4,6H,2-3,5,7H2,1H3,(H,12,13). The minimum absolute atomic E-state index is 0.0665. The van der Waals surface area contributed by atoms with Gasteiger partial charge in [-0.05, 0) is 29.9 Å². The van der Waals surface area contributed by atoms with Crippen molar-refractivity contribution in [3.63, 3.8) is 0 Å². The van der Waals surface area contributed by atoms with Crippen molar-refractivity contribution in [2.24, 2.45) is 0 Å². The Labute approximate surface area is 92.7 Å². The summed E-state index contributed by atoms with van der Waals surface area (Å²) >= 11 is 1.61. The molecule has 1 unspecified atom stereocenters. The molecule has 2 heterocycles. The van der Waals surface area contributed by atoms with Crippen molar-refractivity contribution < 1.29 is 14.6 Å². The van der Waals surface area contributed by atoms with Crippen molar-refractivity contribution in [3.8, 4) is 0 Å². The first-order valence-corrected chi connectivity index (χ1v) is 5.98. The Morgan fingerprint density at radius 1 is 1.73 bits per heavy atom. The van der Waals surface area contributed by atoms with Gasteiger partial charge in [-0.1, -0.05) is 6.92 Å². The Morgan fingerprint density at radius 2 is 2.53 bits per heavy atom. The second-order valence-corrected chi connectivity index (χ2v) is 4.71. The van der Waals surface area contributed by atoms with Gasteiger partial charge in [-0.25, -0.2) is 0 Å². The van der Waals surface area contributed by atoms with Crippen molar-refractivity contribution in [1.29, 1.82) is 0 Å². The molecule has 1 atom stereocenters. The number of thiophene rings is 1. The van der Waals surface area contributed by atoms with Crippen LogP contribution in [0.2, 0.25) is 0 Å². The zero-order chi connectivity index (χ0) is 10.9. The molecule has 0 aromatic carbocycles. The number of fused-ring (bicyclic) bond motifs is 1. The Hall–Kier alpha value is -0.870. The van der Waals surface area contributed by atoms with Crippen LogP contribution in [0.3, 0.4) is 0 Å². The fourth-order valence-corrected chi connectivity index (χ4v) is 3.30. The molecule has 1 aromatic rings. The second-order valence-electron chi connectivity index (χ2n) is 3.79. The molecule has 0 spiro atoms. The quantitative estimate of drug-likeness (QED) is 0.860. The van der Waals surface area contributed by atoms with E-state index in [-0.39, 0.29) is 6.42 Å². The zero-order valence-electron chi connectivity index (χ0n) is 8.66. The number of hydrogen-bond acceptors (Lipinski definition) is 3. The first-order valence-electron chi connectivity index (χ1n) is 5.10. The molecule has 82 valence electrons. The van der Waals surface area contributed by atoms with Gasteiger partial charge in [-0.3, -0.25) is 4.79 Å². The highest BCUT2D eigenvalue weighted by Gasteiger charge is 2.39. The molecule has 0 amide bonds. The molecule has 0 aliphatic carbocycles. The molecule has 0 fully saturated rings. The van der Waals surface area contributed by atoms with Gasteiger partial charge in [0, 0.05) is 4.88 Å². The van der Waals surface area contributed by atoms with Gasteiger partial charge in [0.15, 0.2) is 0 Å². The van der Waals surface area contributed by atoms with Crippen molar-refractivity contribution >= 4 is 17.3 Å². The summed E-state index contributed by atoms with van der Waals surface area (Å²) in [6.45, 7) is 2.61. The van der Waals surface area contributed by atoms with Crippen LogP contribution < -0.4 is 0 Å². The monoisotopic (exact) mass is 226 g/mol. The molecule has 2 rings (SSSR count). The van der Waals surface area contributed by atoms with Crippen LogP contribution in [-0.4, -0.2) is 17.7 Å². The van der Waals surface area contributed by atoms with Gasteiger partial charge in [0.05, 0.1) is 13.0 Å². The van der Waals surface area contributed by atoms with E-state index in [1.165, 1.54) is 5.56 Å². The molecule has 4 heteroatoms. The average Bonchev–Trinajstić information content (AvgIpc) is 2.66. The van der Waals surface area contributed by atoms with E-state index in [4.69, 9.17) is 9.84 Å². The molecule has 3 nitrogen and oxygen atoms in total. The van der Waals surface area contributed by atoms with Crippen LogP contribution in [0.15, 0.2) is 11.4 Å². The number of rotatable bonds is 3. The lowest BCUT2D eigenvalue weighted by atomic mass is 9.89. The van der Waals surface area contributed by atoms with Crippen molar-refractivity contribution in [1.82, 2.24) is 0 Å².